The number of nitrogen functional groups attached to an aromatic ring is 1. The number of carbonyl (C=O) groups excluding carboxylic acids is 1. The van der Waals surface area contributed by atoms with Gasteiger partial charge in [0.25, 0.3) is 5.91 Å². The molecular formula is C15H15BrN2O2. The van der Waals surface area contributed by atoms with Crippen LogP contribution in [0.3, 0.4) is 0 Å². The van der Waals surface area contributed by atoms with Gasteiger partial charge in [-0.25, -0.2) is 0 Å². The van der Waals surface area contributed by atoms with Gasteiger partial charge in [-0.1, -0.05) is 0 Å². The van der Waals surface area contributed by atoms with E-state index < -0.39 is 0 Å². The first-order valence-electron chi connectivity index (χ1n) is 6.05. The summed E-state index contributed by atoms with van der Waals surface area (Å²) in [4.78, 5) is 12.2. The summed E-state index contributed by atoms with van der Waals surface area (Å²) in [5, 5.41) is 12.4. The topological polar surface area (TPSA) is 75.4 Å². The van der Waals surface area contributed by atoms with Crippen LogP contribution in [0, 0.1) is 13.8 Å². The van der Waals surface area contributed by atoms with Crippen LogP contribution in [0.1, 0.15) is 21.5 Å². The van der Waals surface area contributed by atoms with Gasteiger partial charge in [-0.2, -0.15) is 0 Å². The number of hydrogen-bond donors (Lipinski definition) is 3. The third-order valence-corrected chi connectivity index (χ3v) is 3.74. The molecule has 5 heteroatoms. The highest BCUT2D eigenvalue weighted by molar-refractivity contribution is 9.10. The molecule has 2 rings (SSSR count). The Morgan fingerprint density at radius 3 is 2.55 bits per heavy atom. The Hall–Kier alpha value is -2.01. The van der Waals surface area contributed by atoms with Crippen molar-refractivity contribution in [2.45, 2.75) is 13.8 Å². The predicted molar refractivity (Wildman–Crippen MR) is 84.1 cm³/mol. The van der Waals surface area contributed by atoms with E-state index >= 15 is 0 Å². The average Bonchev–Trinajstić information content (AvgIpc) is 2.39. The highest BCUT2D eigenvalue weighted by atomic mass is 79.9. The predicted octanol–water partition coefficient (Wildman–Crippen LogP) is 3.61. The molecule has 0 saturated heterocycles. The Morgan fingerprint density at radius 1 is 1.20 bits per heavy atom. The second-order valence-corrected chi connectivity index (χ2v) is 5.50. The summed E-state index contributed by atoms with van der Waals surface area (Å²) in [7, 11) is 0. The molecule has 0 aliphatic rings. The molecule has 0 aromatic heterocycles. The molecule has 0 radical (unpaired) electrons. The smallest absolute Gasteiger partial charge is 0.255 e. The monoisotopic (exact) mass is 334 g/mol. The van der Waals surface area contributed by atoms with E-state index in [1.54, 1.807) is 37.3 Å². The van der Waals surface area contributed by atoms with Crippen molar-refractivity contribution in [2.24, 2.45) is 0 Å². The second kappa shape index (κ2) is 5.54. The van der Waals surface area contributed by atoms with Gasteiger partial charge in [0.15, 0.2) is 0 Å². The minimum absolute atomic E-state index is 0.218. The molecule has 0 atom stereocenters. The van der Waals surface area contributed by atoms with Gasteiger partial charge in [0.2, 0.25) is 0 Å². The number of amides is 1. The lowest BCUT2D eigenvalue weighted by atomic mass is 10.1. The molecule has 1 amide bonds. The summed E-state index contributed by atoms with van der Waals surface area (Å²) in [6, 6.07) is 8.39. The number of aryl methyl sites for hydroxylation is 2. The minimum atomic E-state index is -0.223. The number of anilines is 2. The lowest BCUT2D eigenvalue weighted by Crippen LogP contribution is -2.13. The molecule has 0 aliphatic heterocycles. The van der Waals surface area contributed by atoms with Crippen LogP contribution in [0.15, 0.2) is 34.8 Å². The van der Waals surface area contributed by atoms with Gasteiger partial charge < -0.3 is 16.2 Å². The van der Waals surface area contributed by atoms with Crippen molar-refractivity contribution in [3.8, 4) is 5.75 Å². The number of benzene rings is 2. The number of nitrogens with one attached hydrogen (secondary N) is 1. The van der Waals surface area contributed by atoms with E-state index in [0.29, 0.717) is 27.0 Å². The van der Waals surface area contributed by atoms with E-state index in [1.807, 2.05) is 6.92 Å². The Balaban J connectivity index is 2.27. The maximum atomic E-state index is 12.2. The third-order valence-electron chi connectivity index (χ3n) is 3.05. The summed E-state index contributed by atoms with van der Waals surface area (Å²) >= 11 is 3.30. The van der Waals surface area contributed by atoms with Crippen LogP contribution in [0.5, 0.6) is 5.75 Å². The minimum Gasteiger partial charge on any atom is -0.508 e. The molecule has 20 heavy (non-hydrogen) atoms. The molecule has 0 heterocycles. The van der Waals surface area contributed by atoms with Crippen molar-refractivity contribution < 1.29 is 9.90 Å². The summed E-state index contributed by atoms with van der Waals surface area (Å²) in [5.74, 6) is -0.00498. The van der Waals surface area contributed by atoms with Gasteiger partial charge >= 0.3 is 0 Å². The van der Waals surface area contributed by atoms with Gasteiger partial charge in [-0.15, -0.1) is 0 Å². The van der Waals surface area contributed by atoms with E-state index in [1.165, 1.54) is 0 Å². The number of carbonyl (C=O) groups is 1. The number of rotatable bonds is 2. The third kappa shape index (κ3) is 2.93. The zero-order valence-corrected chi connectivity index (χ0v) is 12.8. The van der Waals surface area contributed by atoms with Crippen LogP contribution < -0.4 is 11.1 Å². The maximum Gasteiger partial charge on any atom is 0.255 e. The Kier molecular flexibility index (Phi) is 3.99. The first-order valence-corrected chi connectivity index (χ1v) is 6.84. The van der Waals surface area contributed by atoms with Crippen molar-refractivity contribution in [2.75, 3.05) is 11.1 Å². The average molecular weight is 335 g/mol. The molecule has 4 nitrogen and oxygen atoms in total. The van der Waals surface area contributed by atoms with Gasteiger partial charge in [-0.05, 0) is 71.2 Å². The van der Waals surface area contributed by atoms with Crippen LogP contribution in [-0.4, -0.2) is 11.0 Å². The largest absolute Gasteiger partial charge is 0.508 e. The molecule has 2 aromatic carbocycles. The van der Waals surface area contributed by atoms with Crippen molar-refractivity contribution in [1.82, 2.24) is 0 Å². The summed E-state index contributed by atoms with van der Waals surface area (Å²) in [6.07, 6.45) is 0. The molecule has 4 N–H and O–H groups in total. The maximum absolute atomic E-state index is 12.2. The first kappa shape index (κ1) is 14.4. The number of phenols is 1. The first-order chi connectivity index (χ1) is 9.38. The van der Waals surface area contributed by atoms with Gasteiger partial charge in [0.05, 0.1) is 0 Å². The van der Waals surface area contributed by atoms with E-state index in [2.05, 4.69) is 21.2 Å². The molecule has 0 unspecified atom stereocenters. The normalized spacial score (nSPS) is 10.3. The van der Waals surface area contributed by atoms with Crippen LogP contribution in [0.2, 0.25) is 0 Å². The van der Waals surface area contributed by atoms with Crippen molar-refractivity contribution in [1.29, 1.82) is 0 Å². The number of aromatic hydroxyl groups is 1. The quantitative estimate of drug-likeness (QED) is 0.580. The number of phenolic OH excluding ortho intramolecular Hbond substituents is 1. The summed E-state index contributed by atoms with van der Waals surface area (Å²) < 4.78 is 0.684. The Bertz CT molecular complexity index is 684. The van der Waals surface area contributed by atoms with Crippen molar-refractivity contribution >= 4 is 33.2 Å². The lowest BCUT2D eigenvalue weighted by molar-refractivity contribution is 0.102. The highest BCUT2D eigenvalue weighted by Gasteiger charge is 2.10. The Morgan fingerprint density at radius 2 is 1.90 bits per heavy atom. The van der Waals surface area contributed by atoms with E-state index in [-0.39, 0.29) is 11.7 Å². The van der Waals surface area contributed by atoms with Gasteiger partial charge in [0.1, 0.15) is 5.75 Å². The van der Waals surface area contributed by atoms with Crippen molar-refractivity contribution in [3.05, 3.63) is 51.5 Å². The Labute approximate surface area is 125 Å². The molecule has 0 spiro atoms. The van der Waals surface area contributed by atoms with E-state index in [4.69, 9.17) is 5.73 Å². The lowest BCUT2D eigenvalue weighted by Gasteiger charge is -2.11. The van der Waals surface area contributed by atoms with Crippen LogP contribution in [-0.2, 0) is 0 Å². The van der Waals surface area contributed by atoms with Gasteiger partial charge in [-0.3, -0.25) is 4.79 Å². The fourth-order valence-corrected chi connectivity index (χ4v) is 2.18. The van der Waals surface area contributed by atoms with Crippen LogP contribution in [0.4, 0.5) is 11.4 Å². The summed E-state index contributed by atoms with van der Waals surface area (Å²) in [6.45, 7) is 3.61. The zero-order valence-electron chi connectivity index (χ0n) is 11.2. The van der Waals surface area contributed by atoms with Crippen LogP contribution >= 0.6 is 15.9 Å². The molecule has 0 bridgehead atoms. The van der Waals surface area contributed by atoms with Crippen molar-refractivity contribution in [3.63, 3.8) is 0 Å². The molecule has 104 valence electrons. The number of hydrogen-bond acceptors (Lipinski definition) is 3. The number of nitrogens with two attached hydrogens (primary N) is 1. The van der Waals surface area contributed by atoms with Crippen LogP contribution in [0.25, 0.3) is 0 Å². The van der Waals surface area contributed by atoms with Gasteiger partial charge in [0, 0.05) is 21.4 Å². The standard InChI is InChI=1S/C15H15BrN2O2/c1-8-6-14(19)9(2)5-13(8)18-15(20)10-3-4-12(17)11(16)7-10/h3-7,19H,17H2,1-2H3,(H,18,20). The fourth-order valence-electron chi connectivity index (χ4n) is 1.80. The second-order valence-electron chi connectivity index (χ2n) is 4.64. The number of halogens is 1. The fraction of sp³-hybridized carbons (Fsp3) is 0.133. The van der Waals surface area contributed by atoms with E-state index in [9.17, 15) is 9.90 Å². The molecule has 0 fully saturated rings. The SMILES string of the molecule is Cc1cc(NC(=O)c2ccc(N)c(Br)c2)c(C)cc1O. The molecule has 0 saturated carbocycles. The van der Waals surface area contributed by atoms with E-state index in [0.717, 1.165) is 5.56 Å². The zero-order chi connectivity index (χ0) is 14.9. The highest BCUT2D eigenvalue weighted by Crippen LogP contribution is 2.26. The molecular weight excluding hydrogens is 320 g/mol. The molecule has 0 aliphatic carbocycles. The molecule has 2 aromatic rings. The summed E-state index contributed by atoms with van der Waals surface area (Å²) in [5.41, 5.74) is 8.98.